The molecule has 0 saturated carbocycles. The van der Waals surface area contributed by atoms with Crippen molar-refractivity contribution in [2.24, 2.45) is 0 Å². The zero-order valence-electron chi connectivity index (χ0n) is 48.7. The number of hydrogen-bond donors (Lipinski definition) is 0. The summed E-state index contributed by atoms with van der Waals surface area (Å²) >= 11 is 0. The topological polar surface area (TPSA) is 78.9 Å². The molecule has 1 atom stereocenters. The highest BCUT2D eigenvalue weighted by atomic mass is 16.6. The molecule has 0 aromatic rings. The van der Waals surface area contributed by atoms with Crippen LogP contribution in [0, 0.1) is 0 Å². The summed E-state index contributed by atoms with van der Waals surface area (Å²) in [6, 6.07) is 0. The van der Waals surface area contributed by atoms with Gasteiger partial charge in [-0.15, -0.1) is 0 Å². The molecule has 6 nitrogen and oxygen atoms in total. The van der Waals surface area contributed by atoms with Gasteiger partial charge in [0.15, 0.2) is 6.10 Å². The van der Waals surface area contributed by atoms with E-state index in [0.717, 1.165) is 77.0 Å². The van der Waals surface area contributed by atoms with Crippen LogP contribution in [0.4, 0.5) is 0 Å². The van der Waals surface area contributed by atoms with E-state index in [-0.39, 0.29) is 31.1 Å². The molecule has 0 heterocycles. The van der Waals surface area contributed by atoms with E-state index in [0.29, 0.717) is 19.3 Å². The summed E-state index contributed by atoms with van der Waals surface area (Å²) in [7, 11) is 0. The van der Waals surface area contributed by atoms with Gasteiger partial charge in [-0.3, -0.25) is 14.4 Å². The van der Waals surface area contributed by atoms with Gasteiger partial charge in [-0.25, -0.2) is 0 Å². The van der Waals surface area contributed by atoms with Crippen LogP contribution >= 0.6 is 0 Å². The lowest BCUT2D eigenvalue weighted by Gasteiger charge is -2.18. The zero-order chi connectivity index (χ0) is 52.9. The van der Waals surface area contributed by atoms with Gasteiger partial charge in [0.05, 0.1) is 0 Å². The Morgan fingerprint density at radius 1 is 0.274 bits per heavy atom. The molecule has 0 amide bonds. The summed E-state index contributed by atoms with van der Waals surface area (Å²) in [6.45, 7) is 6.63. The van der Waals surface area contributed by atoms with Crippen LogP contribution in [0.5, 0.6) is 0 Å². The van der Waals surface area contributed by atoms with Crippen molar-refractivity contribution in [2.45, 2.75) is 335 Å². The minimum Gasteiger partial charge on any atom is -0.462 e. The summed E-state index contributed by atoms with van der Waals surface area (Å²) < 4.78 is 16.9. The second-order valence-corrected chi connectivity index (χ2v) is 21.3. The van der Waals surface area contributed by atoms with Gasteiger partial charge in [0.1, 0.15) is 13.2 Å². The number of ether oxygens (including phenoxy) is 3. The summed E-state index contributed by atoms with van der Waals surface area (Å²) in [5.74, 6) is -0.886. The molecular formula is C67H120O6. The van der Waals surface area contributed by atoms with Crippen LogP contribution in [0.15, 0.2) is 60.8 Å². The van der Waals surface area contributed by atoms with Gasteiger partial charge in [0.25, 0.3) is 0 Å². The maximum atomic E-state index is 12.9. The Hall–Kier alpha value is -2.89. The molecule has 73 heavy (non-hydrogen) atoms. The van der Waals surface area contributed by atoms with Crippen molar-refractivity contribution in [3.8, 4) is 0 Å². The van der Waals surface area contributed by atoms with Crippen LogP contribution in [-0.4, -0.2) is 37.2 Å². The van der Waals surface area contributed by atoms with E-state index in [9.17, 15) is 14.4 Å². The molecule has 0 aliphatic heterocycles. The first kappa shape index (κ1) is 70.1. The molecular weight excluding hydrogens is 901 g/mol. The number of carbonyl (C=O) groups excluding carboxylic acids is 3. The summed E-state index contributed by atoms with van der Waals surface area (Å²) in [4.78, 5) is 38.3. The van der Waals surface area contributed by atoms with E-state index in [1.54, 1.807) is 0 Å². The zero-order valence-corrected chi connectivity index (χ0v) is 48.7. The van der Waals surface area contributed by atoms with E-state index in [1.807, 2.05) is 0 Å². The van der Waals surface area contributed by atoms with Gasteiger partial charge >= 0.3 is 17.9 Å². The maximum Gasteiger partial charge on any atom is 0.306 e. The number of esters is 3. The predicted molar refractivity (Wildman–Crippen MR) is 316 cm³/mol. The van der Waals surface area contributed by atoms with Crippen molar-refractivity contribution in [3.05, 3.63) is 60.8 Å². The molecule has 0 aromatic carbocycles. The highest BCUT2D eigenvalue weighted by Crippen LogP contribution is 2.16. The molecule has 0 saturated heterocycles. The normalized spacial score (nSPS) is 12.4. The third-order valence-electron chi connectivity index (χ3n) is 14.0. The Morgan fingerprint density at radius 3 is 0.808 bits per heavy atom. The van der Waals surface area contributed by atoms with Crippen molar-refractivity contribution in [2.75, 3.05) is 13.2 Å². The van der Waals surface area contributed by atoms with E-state index < -0.39 is 6.10 Å². The Bertz CT molecular complexity index is 1310. The van der Waals surface area contributed by atoms with Crippen LogP contribution in [0.1, 0.15) is 329 Å². The molecule has 424 valence electrons. The summed E-state index contributed by atoms with van der Waals surface area (Å²) in [5.41, 5.74) is 0. The predicted octanol–water partition coefficient (Wildman–Crippen LogP) is 21.6. The molecule has 0 rings (SSSR count). The average Bonchev–Trinajstić information content (AvgIpc) is 3.39. The molecule has 0 radical (unpaired) electrons. The number of carbonyl (C=O) groups is 3. The molecule has 0 unspecified atom stereocenters. The third kappa shape index (κ3) is 59.9. The second kappa shape index (κ2) is 61.7. The van der Waals surface area contributed by atoms with E-state index in [1.165, 1.54) is 212 Å². The molecule has 0 bridgehead atoms. The summed E-state index contributed by atoms with van der Waals surface area (Å²) in [5, 5.41) is 0. The minimum absolute atomic E-state index is 0.0810. The van der Waals surface area contributed by atoms with Crippen molar-refractivity contribution in [1.29, 1.82) is 0 Å². The highest BCUT2D eigenvalue weighted by molar-refractivity contribution is 5.71. The molecule has 0 aromatic heterocycles. The van der Waals surface area contributed by atoms with Gasteiger partial charge in [-0.2, -0.15) is 0 Å². The first-order valence-electron chi connectivity index (χ1n) is 31.8. The Balaban J connectivity index is 4.40. The fraction of sp³-hybridized carbons (Fsp3) is 0.806. The summed E-state index contributed by atoms with van der Waals surface area (Å²) in [6.07, 6.45) is 77.8. The smallest absolute Gasteiger partial charge is 0.306 e. The average molecular weight is 1020 g/mol. The van der Waals surface area contributed by atoms with Crippen molar-refractivity contribution >= 4 is 17.9 Å². The molecule has 0 spiro atoms. The van der Waals surface area contributed by atoms with Crippen molar-refractivity contribution < 1.29 is 28.6 Å². The molecule has 0 aliphatic carbocycles. The fourth-order valence-electron chi connectivity index (χ4n) is 9.15. The minimum atomic E-state index is -0.785. The van der Waals surface area contributed by atoms with Gasteiger partial charge < -0.3 is 14.2 Å². The Labute approximate surface area is 453 Å². The maximum absolute atomic E-state index is 12.9. The first-order chi connectivity index (χ1) is 36.0. The highest BCUT2D eigenvalue weighted by Gasteiger charge is 2.19. The van der Waals surface area contributed by atoms with Gasteiger partial charge in [-0.05, 0) is 109 Å². The van der Waals surface area contributed by atoms with Crippen molar-refractivity contribution in [3.63, 3.8) is 0 Å². The van der Waals surface area contributed by atoms with Crippen molar-refractivity contribution in [1.82, 2.24) is 0 Å². The molecule has 0 aliphatic rings. The van der Waals surface area contributed by atoms with Gasteiger partial charge in [0.2, 0.25) is 0 Å². The van der Waals surface area contributed by atoms with E-state index in [4.69, 9.17) is 14.2 Å². The SMILES string of the molecule is CCCCC/C=C\C/C=C\C/C=C\CCCCCCCCC(=O)OC[C@@H](COC(=O)CCCCCCCCC/C=C\CCCCCCCC)OC(=O)CCCCCCCCC/C=C\CCCCCCCCCC. The quantitative estimate of drug-likeness (QED) is 0.0261. The number of rotatable bonds is 58. The van der Waals surface area contributed by atoms with E-state index >= 15 is 0 Å². The standard InChI is InChI=1S/C67H120O6/c1-4-7-10-13-16-19-22-25-28-31-33-36-39-42-45-48-51-54-57-60-66(69)72-63-64(62-71-65(68)59-56-53-50-47-44-41-38-35-30-27-24-21-18-15-12-9-6-3)73-67(70)61-58-55-52-49-46-43-40-37-34-32-29-26-23-20-17-14-11-8-5-2/h16,19,25,27-28,30,32-34,36,64H,4-15,17-18,20-24,26,29,31,35,37-63H2,1-3H3/b19-16-,28-25-,30-27-,34-32-,36-33-/t64-/m1/s1. The Kier molecular flexibility index (Phi) is 59.2. The number of allylic oxidation sites excluding steroid dienone is 10. The second-order valence-electron chi connectivity index (χ2n) is 21.3. The molecule has 0 fully saturated rings. The van der Waals surface area contributed by atoms with Crippen LogP contribution in [0.3, 0.4) is 0 Å². The monoisotopic (exact) mass is 1020 g/mol. The lowest BCUT2D eigenvalue weighted by atomic mass is 10.1. The van der Waals surface area contributed by atoms with E-state index in [2.05, 4.69) is 81.5 Å². The largest absolute Gasteiger partial charge is 0.462 e. The number of unbranched alkanes of at least 4 members (excludes halogenated alkanes) is 37. The lowest BCUT2D eigenvalue weighted by Crippen LogP contribution is -2.30. The van der Waals surface area contributed by atoms with Gasteiger partial charge in [-0.1, -0.05) is 261 Å². The van der Waals surface area contributed by atoms with Crippen LogP contribution in [-0.2, 0) is 28.6 Å². The Morgan fingerprint density at radius 2 is 0.493 bits per heavy atom. The first-order valence-corrected chi connectivity index (χ1v) is 31.8. The van der Waals surface area contributed by atoms with Crippen LogP contribution in [0.25, 0.3) is 0 Å². The van der Waals surface area contributed by atoms with Crippen LogP contribution < -0.4 is 0 Å². The fourth-order valence-corrected chi connectivity index (χ4v) is 9.15. The van der Waals surface area contributed by atoms with Gasteiger partial charge in [0, 0.05) is 19.3 Å². The van der Waals surface area contributed by atoms with Crippen LogP contribution in [0.2, 0.25) is 0 Å². The molecule has 0 N–H and O–H groups in total. The lowest BCUT2D eigenvalue weighted by molar-refractivity contribution is -0.167. The third-order valence-corrected chi connectivity index (χ3v) is 14.0. The molecule has 6 heteroatoms. The number of hydrogen-bond acceptors (Lipinski definition) is 6.